The minimum Gasteiger partial charge on any atom is -0.465 e. The van der Waals surface area contributed by atoms with Crippen LogP contribution in [0.1, 0.15) is 45.4 Å². The zero-order valence-electron chi connectivity index (χ0n) is 15.4. The molecule has 0 bridgehead atoms. The monoisotopic (exact) mass is 398 g/mol. The Balaban J connectivity index is 1.85. The molecule has 4 rings (SSSR count). The summed E-state index contributed by atoms with van der Waals surface area (Å²) in [6.45, 7) is 1.98. The van der Waals surface area contributed by atoms with Crippen LogP contribution < -0.4 is 5.32 Å². The molecule has 28 heavy (non-hydrogen) atoms. The molecule has 0 amide bonds. The number of hydrogen-bond donors (Lipinski definition) is 1. The van der Waals surface area contributed by atoms with Crippen LogP contribution >= 0.6 is 11.6 Å². The van der Waals surface area contributed by atoms with E-state index >= 15 is 0 Å². The van der Waals surface area contributed by atoms with Crippen molar-refractivity contribution in [3.63, 3.8) is 0 Å². The number of nitro groups is 1. The maximum Gasteiger partial charge on any atom is 0.338 e. The van der Waals surface area contributed by atoms with Crippen LogP contribution in [0.25, 0.3) is 0 Å². The summed E-state index contributed by atoms with van der Waals surface area (Å²) in [5.41, 5.74) is 4.09. The first-order valence-electron chi connectivity index (χ1n) is 9.01. The van der Waals surface area contributed by atoms with Gasteiger partial charge >= 0.3 is 5.97 Å². The normalized spacial score (nSPS) is 22.2. The van der Waals surface area contributed by atoms with Gasteiger partial charge in [0.15, 0.2) is 0 Å². The fourth-order valence-corrected chi connectivity index (χ4v) is 4.52. The molecule has 1 N–H and O–H groups in total. The van der Waals surface area contributed by atoms with E-state index in [4.69, 9.17) is 16.3 Å². The smallest absolute Gasteiger partial charge is 0.338 e. The number of nitrogens with zero attached hydrogens (tertiary/aromatic N) is 1. The van der Waals surface area contributed by atoms with E-state index in [1.807, 2.05) is 19.1 Å². The lowest BCUT2D eigenvalue weighted by Crippen LogP contribution is -2.31. The Labute approximate surface area is 167 Å². The van der Waals surface area contributed by atoms with Gasteiger partial charge in [-0.25, -0.2) is 4.79 Å². The summed E-state index contributed by atoms with van der Waals surface area (Å²) < 4.78 is 4.98. The first-order chi connectivity index (χ1) is 13.4. The molecule has 2 aromatic carbocycles. The van der Waals surface area contributed by atoms with Crippen molar-refractivity contribution in [2.45, 2.75) is 25.3 Å². The van der Waals surface area contributed by atoms with Gasteiger partial charge in [-0.05, 0) is 48.1 Å². The van der Waals surface area contributed by atoms with Crippen molar-refractivity contribution in [3.05, 3.63) is 79.9 Å². The molecule has 0 saturated heterocycles. The number of halogens is 1. The Hall–Kier alpha value is -2.86. The molecule has 1 heterocycles. The second kappa shape index (κ2) is 6.95. The first kappa shape index (κ1) is 18.5. The van der Waals surface area contributed by atoms with Gasteiger partial charge in [-0.3, -0.25) is 10.1 Å². The zero-order chi connectivity index (χ0) is 20.0. The summed E-state index contributed by atoms with van der Waals surface area (Å²) in [6.07, 6.45) is 5.03. The number of carbonyl (C=O) groups excluding carboxylic acids is 1. The van der Waals surface area contributed by atoms with Gasteiger partial charge in [-0.1, -0.05) is 35.9 Å². The Kier molecular flexibility index (Phi) is 4.59. The van der Waals surface area contributed by atoms with Gasteiger partial charge in [0, 0.05) is 17.7 Å². The van der Waals surface area contributed by atoms with Gasteiger partial charge in [0.1, 0.15) is 5.02 Å². The fraction of sp³-hybridized carbons (Fsp3) is 0.286. The number of hydrogen-bond acceptors (Lipinski definition) is 5. The number of ether oxygens (including phenoxy) is 1. The fourth-order valence-electron chi connectivity index (χ4n) is 4.34. The van der Waals surface area contributed by atoms with Gasteiger partial charge in [-0.2, -0.15) is 0 Å². The second-order valence-electron chi connectivity index (χ2n) is 7.15. The molecule has 6 nitrogen and oxygen atoms in total. The van der Waals surface area contributed by atoms with Crippen molar-refractivity contribution >= 4 is 28.9 Å². The summed E-state index contributed by atoms with van der Waals surface area (Å²) in [5.74, 6) is -0.193. The number of carbonyl (C=O) groups is 1. The summed E-state index contributed by atoms with van der Waals surface area (Å²) in [4.78, 5) is 23.2. The van der Waals surface area contributed by atoms with Gasteiger partial charge in [0.2, 0.25) is 0 Å². The van der Waals surface area contributed by atoms with Crippen LogP contribution in [0.15, 0.2) is 42.5 Å². The molecule has 3 atom stereocenters. The van der Waals surface area contributed by atoms with E-state index in [9.17, 15) is 14.9 Å². The van der Waals surface area contributed by atoms with Crippen molar-refractivity contribution in [3.8, 4) is 0 Å². The lowest BCUT2D eigenvalue weighted by molar-refractivity contribution is -0.384. The van der Waals surface area contributed by atoms with E-state index in [1.165, 1.54) is 7.11 Å². The first-order valence-corrected chi connectivity index (χ1v) is 9.39. The van der Waals surface area contributed by atoms with Crippen LogP contribution in [0.3, 0.4) is 0 Å². The molecule has 7 heteroatoms. The SMILES string of the molecule is COC(=O)c1ccc(C)c2c1[C@@H]1C=CC[C@H]1[C@H](c1ccc(Cl)c([N+](=O)[O-])c1)N2. The average Bonchev–Trinajstić information content (AvgIpc) is 3.17. The minimum absolute atomic E-state index is 0.0324. The third-order valence-corrected chi connectivity index (χ3v) is 5.98. The molecule has 144 valence electrons. The molecule has 0 unspecified atom stereocenters. The Morgan fingerprint density at radius 1 is 1.32 bits per heavy atom. The number of aryl methyl sites for hydroxylation is 1. The molecule has 2 aromatic rings. The van der Waals surface area contributed by atoms with Crippen LogP contribution in [0, 0.1) is 23.0 Å². The van der Waals surface area contributed by atoms with E-state index in [2.05, 4.69) is 17.5 Å². The number of nitro benzene ring substituents is 1. The zero-order valence-corrected chi connectivity index (χ0v) is 16.2. The number of benzene rings is 2. The highest BCUT2D eigenvalue weighted by Crippen LogP contribution is 2.52. The van der Waals surface area contributed by atoms with E-state index < -0.39 is 4.92 Å². The maximum atomic E-state index is 12.3. The summed E-state index contributed by atoms with van der Waals surface area (Å²) in [7, 11) is 1.38. The third kappa shape index (κ3) is 2.85. The predicted molar refractivity (Wildman–Crippen MR) is 107 cm³/mol. The topological polar surface area (TPSA) is 81.5 Å². The maximum absolute atomic E-state index is 12.3. The van der Waals surface area contributed by atoms with Crippen molar-refractivity contribution in [1.29, 1.82) is 0 Å². The van der Waals surface area contributed by atoms with Crippen LogP contribution in [-0.2, 0) is 4.74 Å². The minimum atomic E-state index is -0.465. The van der Waals surface area contributed by atoms with Crippen molar-refractivity contribution < 1.29 is 14.5 Å². The molecule has 0 spiro atoms. The van der Waals surface area contributed by atoms with Gasteiger partial charge in [0.25, 0.3) is 5.69 Å². The van der Waals surface area contributed by atoms with Crippen molar-refractivity contribution in [1.82, 2.24) is 0 Å². The summed E-state index contributed by atoms with van der Waals surface area (Å²) in [5, 5.41) is 15.0. The molecule has 0 fully saturated rings. The number of rotatable bonds is 3. The standard InChI is InChI=1S/C21H19ClN2O4/c1-11-6-8-15(21(25)28-2)18-13-4-3-5-14(13)20(23-19(11)18)12-7-9-16(22)17(10-12)24(26)27/h3-4,6-10,13-14,20,23H,5H2,1-2H3/t13-,14-,20+/m1/s1. The number of anilines is 1. The highest BCUT2D eigenvalue weighted by molar-refractivity contribution is 6.32. The van der Waals surface area contributed by atoms with Crippen molar-refractivity contribution in [2.24, 2.45) is 5.92 Å². The summed E-state index contributed by atoms with van der Waals surface area (Å²) >= 11 is 5.99. The van der Waals surface area contributed by atoms with E-state index in [1.54, 1.807) is 18.2 Å². The molecule has 1 aliphatic heterocycles. The average molecular weight is 399 g/mol. The van der Waals surface area contributed by atoms with Crippen LogP contribution in [0.4, 0.5) is 11.4 Å². The summed E-state index contributed by atoms with van der Waals surface area (Å²) in [6, 6.07) is 8.50. The predicted octanol–water partition coefficient (Wildman–Crippen LogP) is 5.17. The lowest BCUT2D eigenvalue weighted by atomic mass is 9.74. The van der Waals surface area contributed by atoms with E-state index in [-0.39, 0.29) is 34.6 Å². The molecule has 0 aromatic heterocycles. The molecular weight excluding hydrogens is 380 g/mol. The molecule has 0 radical (unpaired) electrons. The number of allylic oxidation sites excluding steroid dienone is 2. The van der Waals surface area contributed by atoms with Crippen LogP contribution in [0.5, 0.6) is 0 Å². The highest BCUT2D eigenvalue weighted by atomic mass is 35.5. The van der Waals surface area contributed by atoms with Gasteiger partial charge < -0.3 is 10.1 Å². The van der Waals surface area contributed by atoms with Crippen LogP contribution in [0.2, 0.25) is 5.02 Å². The second-order valence-corrected chi connectivity index (χ2v) is 7.56. The van der Waals surface area contributed by atoms with E-state index in [0.717, 1.165) is 28.8 Å². The number of nitrogens with one attached hydrogen (secondary N) is 1. The molecule has 1 aliphatic carbocycles. The van der Waals surface area contributed by atoms with Crippen LogP contribution in [-0.4, -0.2) is 18.0 Å². The number of esters is 1. The Bertz CT molecular complexity index is 1020. The van der Waals surface area contributed by atoms with Crippen molar-refractivity contribution in [2.75, 3.05) is 12.4 Å². The van der Waals surface area contributed by atoms with E-state index in [0.29, 0.717) is 5.56 Å². The lowest BCUT2D eigenvalue weighted by Gasteiger charge is -2.39. The number of methoxy groups -OCH3 is 1. The largest absolute Gasteiger partial charge is 0.465 e. The third-order valence-electron chi connectivity index (χ3n) is 5.66. The van der Waals surface area contributed by atoms with Gasteiger partial charge in [-0.15, -0.1) is 0 Å². The quantitative estimate of drug-likeness (QED) is 0.334. The Morgan fingerprint density at radius 2 is 2.11 bits per heavy atom. The molecule has 2 aliphatic rings. The van der Waals surface area contributed by atoms with Gasteiger partial charge in [0.05, 0.1) is 23.6 Å². The molecular formula is C21H19ClN2O4. The highest BCUT2D eigenvalue weighted by Gasteiger charge is 2.41. The number of fused-ring (bicyclic) bond motifs is 3. The molecule has 0 saturated carbocycles. The Morgan fingerprint density at radius 3 is 2.82 bits per heavy atom.